The van der Waals surface area contributed by atoms with Crippen LogP contribution in [0.1, 0.15) is 60.3 Å². The molecule has 0 aliphatic heterocycles. The first-order valence-electron chi connectivity index (χ1n) is 11.1. The largest absolute Gasteiger partial charge is 0.346 e. The van der Waals surface area contributed by atoms with Crippen molar-refractivity contribution in [2.45, 2.75) is 57.9 Å². The van der Waals surface area contributed by atoms with Gasteiger partial charge in [-0.15, -0.1) is 0 Å². The molecule has 6 rings (SSSR count). The Morgan fingerprint density at radius 1 is 1.09 bits per heavy atom. The fraction of sp³-hybridized carbons (Fsp3) is 0.417. The van der Waals surface area contributed by atoms with Crippen LogP contribution in [0.25, 0.3) is 5.65 Å². The molecule has 9 heteroatoms. The van der Waals surface area contributed by atoms with Gasteiger partial charge in [-0.2, -0.15) is 5.10 Å². The van der Waals surface area contributed by atoms with Crippen LogP contribution in [0.3, 0.4) is 0 Å². The highest BCUT2D eigenvalue weighted by Gasteiger charge is 2.53. The van der Waals surface area contributed by atoms with Gasteiger partial charge in [0.05, 0.1) is 16.9 Å². The van der Waals surface area contributed by atoms with E-state index in [9.17, 15) is 14.0 Å². The molecule has 2 N–H and O–H groups in total. The minimum Gasteiger partial charge on any atom is -0.346 e. The molecule has 1 aromatic carbocycles. The lowest BCUT2D eigenvalue weighted by Crippen LogP contribution is -2.59. The third kappa shape index (κ3) is 3.76. The molecule has 7 nitrogen and oxygen atoms in total. The van der Waals surface area contributed by atoms with Gasteiger partial charge < -0.3 is 10.6 Å². The van der Waals surface area contributed by atoms with E-state index in [1.165, 1.54) is 18.2 Å². The summed E-state index contributed by atoms with van der Waals surface area (Å²) in [7, 11) is 0. The summed E-state index contributed by atoms with van der Waals surface area (Å²) in [5.41, 5.74) is 2.35. The zero-order valence-corrected chi connectivity index (χ0v) is 19.3. The van der Waals surface area contributed by atoms with E-state index in [0.717, 1.165) is 11.4 Å². The van der Waals surface area contributed by atoms with Crippen LogP contribution < -0.4 is 10.6 Å². The number of fused-ring (bicyclic) bond motifs is 4. The number of hydrogen-bond acceptors (Lipinski definition) is 4. The van der Waals surface area contributed by atoms with E-state index < -0.39 is 11.2 Å². The summed E-state index contributed by atoms with van der Waals surface area (Å²) in [5.74, 6) is -0.716. The zero-order valence-electron chi connectivity index (χ0n) is 18.5. The van der Waals surface area contributed by atoms with Gasteiger partial charge in [0.25, 0.3) is 5.91 Å². The number of aromatic nitrogens is 3. The summed E-state index contributed by atoms with van der Waals surface area (Å²) in [4.78, 5) is 30.8. The van der Waals surface area contributed by atoms with Crippen LogP contribution in [-0.4, -0.2) is 32.0 Å². The molecule has 3 saturated carbocycles. The SMILES string of the molecule is Cc1cc(C)n2ncc(C(=O)NC34CCC(C(=O)Nc5ccc(F)cc5Cl)(CC3)CC4)c2n1. The monoisotopic (exact) mass is 469 g/mol. The van der Waals surface area contributed by atoms with E-state index >= 15 is 0 Å². The van der Waals surface area contributed by atoms with E-state index in [0.29, 0.717) is 55.4 Å². The Morgan fingerprint density at radius 3 is 2.45 bits per heavy atom. The maximum atomic E-state index is 13.3. The second-order valence-electron chi connectivity index (χ2n) is 9.43. The molecule has 0 saturated heterocycles. The van der Waals surface area contributed by atoms with E-state index in [1.807, 2.05) is 19.9 Å². The number of carbonyl (C=O) groups is 2. The molecule has 3 fully saturated rings. The van der Waals surface area contributed by atoms with Gasteiger partial charge in [-0.05, 0) is 76.6 Å². The minimum absolute atomic E-state index is 0.0894. The van der Waals surface area contributed by atoms with Crippen LogP contribution in [0, 0.1) is 25.1 Å². The van der Waals surface area contributed by atoms with Crippen molar-refractivity contribution in [2.75, 3.05) is 5.32 Å². The molecule has 0 radical (unpaired) electrons. The molecule has 2 amide bonds. The molecular formula is C24H25ClFN5O2. The van der Waals surface area contributed by atoms with Gasteiger partial charge in [-0.3, -0.25) is 9.59 Å². The lowest BCUT2D eigenvalue weighted by atomic mass is 9.57. The number of benzene rings is 1. The number of rotatable bonds is 4. The van der Waals surface area contributed by atoms with Crippen molar-refractivity contribution in [1.29, 1.82) is 0 Å². The first-order chi connectivity index (χ1) is 15.7. The Labute approximate surface area is 195 Å². The van der Waals surface area contributed by atoms with Gasteiger partial charge in [0, 0.05) is 22.3 Å². The molecule has 0 atom stereocenters. The first kappa shape index (κ1) is 21.8. The van der Waals surface area contributed by atoms with E-state index in [2.05, 4.69) is 20.7 Å². The van der Waals surface area contributed by atoms with E-state index in [1.54, 1.807) is 10.7 Å². The number of halogens is 2. The molecule has 3 aromatic rings. The number of nitrogens with zero attached hydrogens (tertiary/aromatic N) is 3. The zero-order chi connectivity index (χ0) is 23.4. The molecule has 2 aromatic heterocycles. The predicted molar refractivity (Wildman–Crippen MR) is 123 cm³/mol. The molecule has 2 bridgehead atoms. The fourth-order valence-corrected chi connectivity index (χ4v) is 5.51. The first-order valence-corrected chi connectivity index (χ1v) is 11.5. The Hall–Kier alpha value is -3.00. The van der Waals surface area contributed by atoms with Crippen LogP contribution >= 0.6 is 11.6 Å². The average molecular weight is 470 g/mol. The summed E-state index contributed by atoms with van der Waals surface area (Å²) >= 11 is 6.09. The molecule has 172 valence electrons. The standard InChI is InChI=1S/C24H25ClFN5O2/c1-14-11-15(2)31-20(28-14)17(13-27-31)21(32)30-24-8-5-23(6-9-24,7-10-24)22(33)29-19-4-3-16(26)12-18(19)25/h3-4,11-13H,5-10H2,1-2H3,(H,29,33)(H,30,32). The molecule has 2 heterocycles. The van der Waals surface area contributed by atoms with Gasteiger partial charge >= 0.3 is 0 Å². The van der Waals surface area contributed by atoms with Crippen molar-refractivity contribution in [3.05, 3.63) is 58.3 Å². The van der Waals surface area contributed by atoms with Crippen molar-refractivity contribution in [3.63, 3.8) is 0 Å². The maximum absolute atomic E-state index is 13.3. The Bertz CT molecular complexity index is 1260. The van der Waals surface area contributed by atoms with Crippen LogP contribution in [-0.2, 0) is 4.79 Å². The lowest BCUT2D eigenvalue weighted by molar-refractivity contribution is -0.132. The normalized spacial score (nSPS) is 24.1. The van der Waals surface area contributed by atoms with E-state index in [4.69, 9.17) is 11.6 Å². The summed E-state index contributed by atoms with van der Waals surface area (Å²) in [6, 6.07) is 5.87. The fourth-order valence-electron chi connectivity index (χ4n) is 5.30. The Balaban J connectivity index is 1.29. The highest BCUT2D eigenvalue weighted by molar-refractivity contribution is 6.33. The van der Waals surface area contributed by atoms with Gasteiger partial charge in [0.2, 0.25) is 5.91 Å². The van der Waals surface area contributed by atoms with Gasteiger partial charge in [-0.25, -0.2) is 13.9 Å². The van der Waals surface area contributed by atoms with Gasteiger partial charge in [0.15, 0.2) is 5.65 Å². The smallest absolute Gasteiger partial charge is 0.257 e. The number of anilines is 1. The predicted octanol–water partition coefficient (Wildman–Crippen LogP) is 4.60. The average Bonchev–Trinajstić information content (AvgIpc) is 3.21. The lowest BCUT2D eigenvalue weighted by Gasteiger charge is -2.52. The molecule has 3 aliphatic carbocycles. The molecular weight excluding hydrogens is 445 g/mol. The molecule has 33 heavy (non-hydrogen) atoms. The second-order valence-corrected chi connectivity index (χ2v) is 9.83. The number of hydrogen-bond donors (Lipinski definition) is 2. The Morgan fingerprint density at radius 2 is 1.79 bits per heavy atom. The summed E-state index contributed by atoms with van der Waals surface area (Å²) in [6.45, 7) is 3.83. The Kier molecular flexibility index (Phi) is 5.16. The maximum Gasteiger partial charge on any atom is 0.257 e. The molecule has 3 aliphatic rings. The van der Waals surface area contributed by atoms with E-state index in [-0.39, 0.29) is 22.4 Å². The van der Waals surface area contributed by atoms with Crippen LogP contribution in [0.5, 0.6) is 0 Å². The van der Waals surface area contributed by atoms with Crippen molar-refractivity contribution in [3.8, 4) is 0 Å². The highest BCUT2D eigenvalue weighted by atomic mass is 35.5. The number of amides is 2. The van der Waals surface area contributed by atoms with Crippen LogP contribution in [0.2, 0.25) is 5.02 Å². The molecule has 0 spiro atoms. The number of carbonyl (C=O) groups excluding carboxylic acids is 2. The summed E-state index contributed by atoms with van der Waals surface area (Å²) < 4.78 is 15.0. The van der Waals surface area contributed by atoms with Crippen molar-refractivity contribution >= 4 is 34.7 Å². The third-order valence-electron chi connectivity index (χ3n) is 7.31. The van der Waals surface area contributed by atoms with Crippen LogP contribution in [0.4, 0.5) is 10.1 Å². The van der Waals surface area contributed by atoms with Gasteiger partial charge in [0.1, 0.15) is 11.4 Å². The van der Waals surface area contributed by atoms with Crippen LogP contribution in [0.15, 0.2) is 30.5 Å². The summed E-state index contributed by atoms with van der Waals surface area (Å²) in [6.07, 6.45) is 5.72. The second kappa shape index (κ2) is 7.80. The van der Waals surface area contributed by atoms with Crippen molar-refractivity contribution < 1.29 is 14.0 Å². The highest BCUT2D eigenvalue weighted by Crippen LogP contribution is 2.53. The van der Waals surface area contributed by atoms with Crippen molar-refractivity contribution in [2.24, 2.45) is 5.41 Å². The summed E-state index contributed by atoms with van der Waals surface area (Å²) in [5, 5.41) is 10.6. The third-order valence-corrected chi connectivity index (χ3v) is 7.62. The topological polar surface area (TPSA) is 88.4 Å². The molecule has 0 unspecified atom stereocenters. The van der Waals surface area contributed by atoms with Crippen molar-refractivity contribution in [1.82, 2.24) is 19.9 Å². The van der Waals surface area contributed by atoms with Gasteiger partial charge in [-0.1, -0.05) is 11.6 Å². The number of aryl methyl sites for hydroxylation is 2. The minimum atomic E-state index is -0.496. The quantitative estimate of drug-likeness (QED) is 0.584. The number of nitrogens with one attached hydrogen (secondary N) is 2.